The van der Waals surface area contributed by atoms with E-state index in [1.54, 1.807) is 0 Å². The smallest absolute Gasteiger partial charge is 0.252 e. The van der Waals surface area contributed by atoms with Gasteiger partial charge < -0.3 is 18.8 Å². The van der Waals surface area contributed by atoms with E-state index in [0.29, 0.717) is 0 Å². The van der Waals surface area contributed by atoms with Crippen molar-refractivity contribution < 1.29 is 4.42 Å². The Bertz CT molecular complexity index is 6220. The molecule has 20 rings (SSSR count). The largest absolute Gasteiger partial charge is 0.456 e. The quantitative estimate of drug-likeness (QED) is 0.121. The molecule has 0 spiro atoms. The number of furan rings is 1. The van der Waals surface area contributed by atoms with Crippen LogP contribution in [0.5, 0.6) is 0 Å². The highest BCUT2D eigenvalue weighted by Crippen LogP contribution is 2.55. The van der Waals surface area contributed by atoms with Crippen molar-refractivity contribution >= 4 is 107 Å². The molecule has 4 nitrogen and oxygen atoms in total. The Morgan fingerprint density at radius 2 is 0.728 bits per heavy atom. The van der Waals surface area contributed by atoms with Gasteiger partial charge in [0.1, 0.15) is 11.2 Å². The second kappa shape index (κ2) is 24.4. The molecule has 0 atom stereocenters. The van der Waals surface area contributed by atoms with Crippen LogP contribution in [0.25, 0.3) is 138 Å². The first-order valence-corrected chi connectivity index (χ1v) is 36.0. The molecule has 4 heterocycles. The Kier molecular flexibility index (Phi) is 14.2. The molecule has 2 aliphatic heterocycles. The normalized spacial score (nSPS) is 13.0. The average molecular weight is 1310 g/mol. The lowest BCUT2D eigenvalue weighted by Gasteiger charge is -2.46. The van der Waals surface area contributed by atoms with Crippen LogP contribution in [0.3, 0.4) is 0 Å². The van der Waals surface area contributed by atoms with E-state index < -0.39 is 0 Å². The van der Waals surface area contributed by atoms with Crippen LogP contribution in [0, 0.1) is 13.8 Å². The van der Waals surface area contributed by atoms with E-state index in [1.165, 1.54) is 66.1 Å². The summed E-state index contributed by atoms with van der Waals surface area (Å²) in [6.07, 6.45) is 9.07. The summed E-state index contributed by atoms with van der Waals surface area (Å²) in [7, 11) is 0. The van der Waals surface area contributed by atoms with Gasteiger partial charge in [0.05, 0.1) is 22.4 Å². The number of benzene rings is 15. The van der Waals surface area contributed by atoms with Crippen molar-refractivity contribution in [1.82, 2.24) is 4.57 Å². The van der Waals surface area contributed by atoms with E-state index in [9.17, 15) is 0 Å². The fourth-order valence-corrected chi connectivity index (χ4v) is 17.0. The van der Waals surface area contributed by atoms with Crippen molar-refractivity contribution in [3.63, 3.8) is 0 Å². The number of nitrogens with zero attached hydrogens (tertiary/aromatic N) is 3. The number of hydrogen-bond acceptors (Lipinski definition) is 3. The van der Waals surface area contributed by atoms with Crippen LogP contribution in [0.2, 0.25) is 0 Å². The molecule has 0 unspecified atom stereocenters. The molecule has 0 saturated heterocycles. The van der Waals surface area contributed by atoms with Crippen molar-refractivity contribution in [2.24, 2.45) is 0 Å². The zero-order valence-electron chi connectivity index (χ0n) is 57.2. The van der Waals surface area contributed by atoms with Crippen molar-refractivity contribution in [1.29, 1.82) is 0 Å². The number of fused-ring (bicyclic) bond motifs is 10. The van der Waals surface area contributed by atoms with Crippen LogP contribution in [-0.2, 0) is 0 Å². The van der Waals surface area contributed by atoms with Gasteiger partial charge in [0.2, 0.25) is 0 Å². The predicted octanol–water partition coefficient (Wildman–Crippen LogP) is 24.9. The molecule has 0 fully saturated rings. The molecule has 0 radical (unpaired) electrons. The number of rotatable bonds is 11. The van der Waals surface area contributed by atoms with E-state index in [1.807, 2.05) is 0 Å². The molecule has 0 bridgehead atoms. The van der Waals surface area contributed by atoms with Gasteiger partial charge in [0.25, 0.3) is 6.71 Å². The molecule has 2 aromatic heterocycles. The molecule has 17 aromatic rings. The number of anilines is 6. The van der Waals surface area contributed by atoms with Crippen molar-refractivity contribution in [3.8, 4) is 89.0 Å². The van der Waals surface area contributed by atoms with Gasteiger partial charge in [0, 0.05) is 72.2 Å². The van der Waals surface area contributed by atoms with Crippen LogP contribution >= 0.6 is 0 Å². The highest BCUT2D eigenvalue weighted by Gasteiger charge is 2.46. The first kappa shape index (κ1) is 60.0. The van der Waals surface area contributed by atoms with Gasteiger partial charge >= 0.3 is 0 Å². The van der Waals surface area contributed by atoms with Gasteiger partial charge in [-0.3, -0.25) is 0 Å². The number of aromatic nitrogens is 1. The molecule has 103 heavy (non-hydrogen) atoms. The SMILES string of the molecule is Cc1ccccc1-c1cc(-c2ccc3c(c2)N(c2c(-c4ccccc4)cccc2-c2ccccc2)c2cc(-c4ccc5c(c4)c4ccccc4n5C4=CCCC=C4)cc4c2B3c2ccc(-c3ccc5oc6ccccc6c5c3)cc2N4c2c(-c3ccccc3)cccc2-c2ccccc2)ccc1C. The third kappa shape index (κ3) is 9.90. The molecule has 3 aliphatic rings. The van der Waals surface area contributed by atoms with Crippen LogP contribution in [0.1, 0.15) is 24.0 Å². The molecule has 484 valence electrons. The highest BCUT2D eigenvalue weighted by atomic mass is 16.3. The summed E-state index contributed by atoms with van der Waals surface area (Å²) in [5, 5.41) is 4.63. The third-order valence-corrected chi connectivity index (χ3v) is 21.9. The Morgan fingerprint density at radius 1 is 0.291 bits per heavy atom. The van der Waals surface area contributed by atoms with Crippen LogP contribution < -0.4 is 26.2 Å². The van der Waals surface area contributed by atoms with Gasteiger partial charge in [-0.15, -0.1) is 0 Å². The van der Waals surface area contributed by atoms with Crippen molar-refractivity contribution in [3.05, 3.63) is 363 Å². The van der Waals surface area contributed by atoms with Gasteiger partial charge in [-0.05, 0) is 194 Å². The second-order valence-corrected chi connectivity index (χ2v) is 27.8. The standard InChI is InChI=1S/C98H68BN3O/c1-63-26-18-19-37-76(63)83-56-69(47-46-64(83)2)72-48-52-86-90(59-72)101(97-77(65-27-8-3-9-28-65)40-24-41-78(97)66-29-10-4-11-30-66)92-61-74(71-50-54-89-84(57-71)81-38-20-22-44-88(81)100(89)75-35-16-7-17-36-75)62-93-96(92)99(86)87-53-49-73(70-51-55-95-85(58-70)82-39-21-23-45-94(82)103-95)60-91(87)102(93)98-79(67-31-12-5-13-32-67)42-25-43-80(98)68-33-14-6-15-34-68/h3-6,8-16,18-62H,7,17H2,1-2H3. The Hall–Kier alpha value is -13.0. The lowest BCUT2D eigenvalue weighted by Crippen LogP contribution is -2.61. The van der Waals surface area contributed by atoms with E-state index in [0.717, 1.165) is 147 Å². The number of aryl methyl sites for hydroxylation is 2. The average Bonchev–Trinajstić information content (AvgIpc) is 1.38. The topological polar surface area (TPSA) is 24.6 Å². The summed E-state index contributed by atoms with van der Waals surface area (Å²) in [6.45, 7) is 4.23. The molecular formula is C98H68BN3O. The first-order valence-electron chi connectivity index (χ1n) is 36.0. The second-order valence-electron chi connectivity index (χ2n) is 27.8. The maximum atomic E-state index is 6.52. The van der Waals surface area contributed by atoms with Gasteiger partial charge in [0.15, 0.2) is 0 Å². The number of para-hydroxylation sites is 4. The minimum Gasteiger partial charge on any atom is -0.456 e. The van der Waals surface area contributed by atoms with Gasteiger partial charge in [-0.1, -0.05) is 279 Å². The molecule has 0 N–H and O–H groups in total. The van der Waals surface area contributed by atoms with E-state index in [4.69, 9.17) is 4.42 Å². The Morgan fingerprint density at radius 3 is 1.31 bits per heavy atom. The van der Waals surface area contributed by atoms with Crippen LogP contribution in [0.15, 0.2) is 356 Å². The Balaban J connectivity index is 0.942. The van der Waals surface area contributed by atoms with Crippen LogP contribution in [-0.4, -0.2) is 11.3 Å². The zero-order valence-corrected chi connectivity index (χ0v) is 57.2. The summed E-state index contributed by atoms with van der Waals surface area (Å²) in [6, 6.07) is 125. The fourth-order valence-electron chi connectivity index (χ4n) is 17.0. The molecule has 0 amide bonds. The summed E-state index contributed by atoms with van der Waals surface area (Å²) < 4.78 is 8.99. The first-order chi connectivity index (χ1) is 50.9. The fraction of sp³-hybridized carbons (Fsp3) is 0.0408. The summed E-state index contributed by atoms with van der Waals surface area (Å²) in [4.78, 5) is 5.37. The predicted molar refractivity (Wildman–Crippen MR) is 436 cm³/mol. The highest BCUT2D eigenvalue weighted by molar-refractivity contribution is 7.00. The molecule has 15 aromatic carbocycles. The molecule has 5 heteroatoms. The number of allylic oxidation sites excluding steroid dienone is 4. The molecule has 1 aliphatic carbocycles. The minimum atomic E-state index is -0.245. The summed E-state index contributed by atoms with van der Waals surface area (Å²) in [5.41, 5.74) is 36.5. The maximum Gasteiger partial charge on any atom is 0.252 e. The number of hydrogen-bond donors (Lipinski definition) is 0. The molecule has 0 saturated carbocycles. The van der Waals surface area contributed by atoms with Gasteiger partial charge in [-0.25, -0.2) is 0 Å². The lowest BCUT2D eigenvalue weighted by atomic mass is 9.33. The van der Waals surface area contributed by atoms with E-state index in [-0.39, 0.29) is 6.71 Å². The minimum absolute atomic E-state index is 0.245. The van der Waals surface area contributed by atoms with Gasteiger partial charge in [-0.2, -0.15) is 0 Å². The molecular weight excluding hydrogens is 1250 g/mol. The zero-order chi connectivity index (χ0) is 68.2. The van der Waals surface area contributed by atoms with Crippen molar-refractivity contribution in [2.75, 3.05) is 9.80 Å². The summed E-state index contributed by atoms with van der Waals surface area (Å²) in [5.74, 6) is 0. The maximum absolute atomic E-state index is 6.52. The monoisotopic (exact) mass is 1310 g/mol. The van der Waals surface area contributed by atoms with Crippen molar-refractivity contribution in [2.45, 2.75) is 26.7 Å². The van der Waals surface area contributed by atoms with Crippen LogP contribution in [0.4, 0.5) is 34.1 Å². The lowest BCUT2D eigenvalue weighted by molar-refractivity contribution is 0.669. The Labute approximate surface area is 600 Å². The summed E-state index contributed by atoms with van der Waals surface area (Å²) >= 11 is 0. The van der Waals surface area contributed by atoms with E-state index >= 15 is 0 Å². The third-order valence-electron chi connectivity index (χ3n) is 21.9. The van der Waals surface area contributed by atoms with E-state index in [2.05, 4.69) is 380 Å².